The minimum absolute atomic E-state index is 0. The van der Waals surface area contributed by atoms with Gasteiger partial charge in [-0.15, -0.1) is 0 Å². The molecule has 0 aliphatic heterocycles. The Labute approximate surface area is 87.5 Å². The Hall–Kier alpha value is 0.976. The minimum Gasteiger partial charge on any atom is -1.00 e. The average molecular weight is 181 g/mol. The van der Waals surface area contributed by atoms with Crippen LogP contribution in [-0.4, -0.2) is 42.9 Å². The fourth-order valence-electron chi connectivity index (χ4n) is 0.204. The Morgan fingerprint density at radius 3 is 1.40 bits per heavy atom. The summed E-state index contributed by atoms with van der Waals surface area (Å²) < 4.78 is 8.85. The van der Waals surface area contributed by atoms with Crippen LogP contribution in [0.25, 0.3) is 0 Å². The van der Waals surface area contributed by atoms with E-state index in [1.54, 1.807) is 0 Å². The summed E-state index contributed by atoms with van der Waals surface area (Å²) in [5.41, 5.74) is 0. The van der Waals surface area contributed by atoms with Crippen LogP contribution in [0.3, 0.4) is 0 Å². The Balaban J connectivity index is -0.0000000221. The van der Waals surface area contributed by atoms with Crippen LogP contribution in [-0.2, 0) is 9.03 Å². The van der Waals surface area contributed by atoms with Crippen LogP contribution in [0.15, 0.2) is 0 Å². The third-order valence-corrected chi connectivity index (χ3v) is 0.736. The normalized spacial score (nSPS) is 7.20. The van der Waals surface area contributed by atoms with E-state index in [1.807, 2.05) is 20.8 Å². The van der Waals surface area contributed by atoms with Gasteiger partial charge in [0.2, 0.25) is 0 Å². The van der Waals surface area contributed by atoms with Gasteiger partial charge >= 0.3 is 23.1 Å². The maximum Gasteiger partial charge on any atom is 2.00 e. The number of ether oxygens (including phenoxy) is 1. The van der Waals surface area contributed by atoms with Crippen LogP contribution < -0.4 is 0 Å². The second-order valence-electron chi connectivity index (χ2n) is 1.18. The van der Waals surface area contributed by atoms with Crippen molar-refractivity contribution in [3.63, 3.8) is 0 Å². The second kappa shape index (κ2) is 22.5. The summed E-state index contributed by atoms with van der Waals surface area (Å²) in [5, 5.41) is 0. The molecular weight excluding hydrogens is 164 g/mol. The first-order valence-electron chi connectivity index (χ1n) is 3.14. The molecule has 0 aliphatic carbocycles. The van der Waals surface area contributed by atoms with Crippen molar-refractivity contribution in [3.05, 3.63) is 0 Å². The van der Waals surface area contributed by atoms with Crippen LogP contribution >= 0.6 is 11.9 Å². The summed E-state index contributed by atoms with van der Waals surface area (Å²) in [6, 6.07) is 0. The van der Waals surface area contributed by atoms with Gasteiger partial charge in [-0.05, 0) is 20.8 Å². The summed E-state index contributed by atoms with van der Waals surface area (Å²) in [6.07, 6.45) is 0. The van der Waals surface area contributed by atoms with Gasteiger partial charge in [0.05, 0.1) is 18.5 Å². The molecule has 0 aromatic rings. The van der Waals surface area contributed by atoms with Crippen LogP contribution in [0.1, 0.15) is 23.6 Å². The van der Waals surface area contributed by atoms with E-state index >= 15 is 0 Å². The van der Waals surface area contributed by atoms with Crippen molar-refractivity contribution in [3.8, 4) is 0 Å². The summed E-state index contributed by atoms with van der Waals surface area (Å²) in [5.74, 6) is 0. The first kappa shape index (κ1) is 17.2. The second-order valence-corrected chi connectivity index (χ2v) is 1.40. The zero-order valence-electron chi connectivity index (χ0n) is 9.02. The molecule has 0 radical (unpaired) electrons. The van der Waals surface area contributed by atoms with Gasteiger partial charge in [0, 0.05) is 13.2 Å². The van der Waals surface area contributed by atoms with Crippen molar-refractivity contribution in [1.29, 1.82) is 0 Å². The zero-order valence-corrected chi connectivity index (χ0v) is 9.19. The molecule has 10 heavy (non-hydrogen) atoms. The van der Waals surface area contributed by atoms with Gasteiger partial charge in [-0.1, -0.05) is 0 Å². The smallest absolute Gasteiger partial charge is 1.00 e. The molecule has 0 aromatic heterocycles. The van der Waals surface area contributed by atoms with Crippen molar-refractivity contribution in [2.45, 2.75) is 20.8 Å². The first-order valence-corrected chi connectivity index (χ1v) is 3.45. The molecule has 0 aromatic carbocycles. The van der Waals surface area contributed by atoms with E-state index in [0.717, 1.165) is 13.2 Å². The topological polar surface area (TPSA) is 18.5 Å². The van der Waals surface area contributed by atoms with Crippen LogP contribution in [0.2, 0.25) is 0 Å². The Bertz CT molecular complexity index is 42.7. The molecule has 0 aliphatic rings. The van der Waals surface area contributed by atoms with Gasteiger partial charge in [0.25, 0.3) is 0 Å². The summed E-state index contributed by atoms with van der Waals surface area (Å²) in [7, 11) is 0. The average Bonchev–Trinajstić information content (AvgIpc) is 1.91. The van der Waals surface area contributed by atoms with Crippen molar-refractivity contribution < 1.29 is 11.9 Å². The molecule has 0 heterocycles. The number of rotatable bonds is 3. The molecule has 2 nitrogen and oxygen atoms in total. The summed E-state index contributed by atoms with van der Waals surface area (Å²) in [6.45, 7) is 8.08. The number of hydrogen-bond donors (Lipinski definition) is 0. The van der Waals surface area contributed by atoms with Crippen LogP contribution in [0.5, 0.6) is 0 Å². The monoisotopic (exact) mass is 180 g/mol. The fraction of sp³-hybridized carbons (Fsp3) is 1.00. The molecule has 0 N–H and O–H groups in total. The third kappa shape index (κ3) is 36.1. The molecule has 4 heteroatoms. The quantitative estimate of drug-likeness (QED) is 0.620. The largest absolute Gasteiger partial charge is 2.00 e. The molecule has 0 amide bonds. The predicted molar refractivity (Wildman–Crippen MR) is 47.6 cm³/mol. The number of hydrogen-bond acceptors (Lipinski definition) is 2. The summed E-state index contributed by atoms with van der Waals surface area (Å²) in [4.78, 5) is 0. The van der Waals surface area contributed by atoms with Crippen molar-refractivity contribution >= 4 is 34.9 Å². The first-order chi connectivity index (χ1) is 4.33. The maximum atomic E-state index is 4.83. The van der Waals surface area contributed by atoms with Crippen molar-refractivity contribution in [2.75, 3.05) is 19.8 Å². The summed E-state index contributed by atoms with van der Waals surface area (Å²) >= 11 is 4.69. The molecule has 62 valence electrons. The van der Waals surface area contributed by atoms with E-state index in [0.29, 0.717) is 6.61 Å². The van der Waals surface area contributed by atoms with E-state index < -0.39 is 0 Å². The molecule has 0 atom stereocenters. The molecule has 0 rings (SSSR count). The number of halogens is 1. The molecule has 0 saturated carbocycles. The van der Waals surface area contributed by atoms with Gasteiger partial charge in [-0.2, -0.15) is 0 Å². The molecule has 0 fully saturated rings. The van der Waals surface area contributed by atoms with E-state index in [4.69, 9.17) is 4.74 Å². The van der Waals surface area contributed by atoms with E-state index in [1.165, 1.54) is 0 Å². The minimum atomic E-state index is 0. The molecule has 0 unspecified atom stereocenters. The van der Waals surface area contributed by atoms with Crippen molar-refractivity contribution in [2.24, 2.45) is 0 Å². The van der Waals surface area contributed by atoms with Gasteiger partial charge < -0.3 is 7.59 Å². The standard InChI is InChI=1S/C4H10O.C2H5ClO.Mg.2H/c1-3-5-4-2;1-2-4-3;;;/h3-4H2,1-2H3;2H2,1H3;;;/q;;+2;2*-1. The Morgan fingerprint density at radius 1 is 1.10 bits per heavy atom. The van der Waals surface area contributed by atoms with Crippen LogP contribution in [0.4, 0.5) is 0 Å². The Kier molecular flexibility index (Phi) is 38.6. The fourth-order valence-corrected chi connectivity index (χ4v) is 0.204. The SMILES string of the molecule is CCOCC.CCOCl.[H-].[H-].[Mg+2]. The van der Waals surface area contributed by atoms with Gasteiger partial charge in [0.1, 0.15) is 0 Å². The van der Waals surface area contributed by atoms with Gasteiger partial charge in [0.15, 0.2) is 0 Å². The van der Waals surface area contributed by atoms with E-state index in [2.05, 4.69) is 16.2 Å². The van der Waals surface area contributed by atoms with E-state index in [9.17, 15) is 0 Å². The Morgan fingerprint density at radius 2 is 1.40 bits per heavy atom. The molecule has 0 spiro atoms. The van der Waals surface area contributed by atoms with Gasteiger partial charge in [-0.25, -0.2) is 0 Å². The van der Waals surface area contributed by atoms with Crippen LogP contribution in [0, 0.1) is 0 Å². The molecular formula is C6H17ClMgO2. The van der Waals surface area contributed by atoms with E-state index in [-0.39, 0.29) is 25.9 Å². The third-order valence-electron chi connectivity index (χ3n) is 0.517. The molecule has 0 saturated heterocycles. The zero-order chi connectivity index (χ0) is 7.54. The van der Waals surface area contributed by atoms with Gasteiger partial charge in [-0.3, -0.25) is 4.29 Å². The molecule has 0 bridgehead atoms. The predicted octanol–water partition coefficient (Wildman–Crippen LogP) is 2.06. The van der Waals surface area contributed by atoms with Crippen molar-refractivity contribution in [1.82, 2.24) is 0 Å². The maximum absolute atomic E-state index is 4.83.